The monoisotopic (exact) mass is 296 g/mol. The zero-order valence-electron chi connectivity index (χ0n) is 10.0. The van der Waals surface area contributed by atoms with Gasteiger partial charge in [-0.15, -0.1) is 0 Å². The summed E-state index contributed by atoms with van der Waals surface area (Å²) >= 11 is 5.80. The summed E-state index contributed by atoms with van der Waals surface area (Å²) in [7, 11) is -3.47. The molecule has 0 aromatic heterocycles. The molecule has 0 aliphatic rings. The second-order valence-corrected chi connectivity index (χ2v) is 6.27. The van der Waals surface area contributed by atoms with Crippen molar-refractivity contribution in [3.05, 3.63) is 59.1 Å². The van der Waals surface area contributed by atoms with Crippen LogP contribution < -0.4 is 10.5 Å². The molecule has 0 radical (unpaired) electrons. The maximum atomic E-state index is 12.0. The molecule has 4 nitrogen and oxygen atoms in total. The Hall–Kier alpha value is -1.72. The first kappa shape index (κ1) is 13.7. The largest absolute Gasteiger partial charge is 0.399 e. The predicted octanol–water partition coefficient (Wildman–Crippen LogP) is 2.86. The summed E-state index contributed by atoms with van der Waals surface area (Å²) < 4.78 is 26.4. The lowest BCUT2D eigenvalue weighted by atomic mass is 10.2. The summed E-state index contributed by atoms with van der Waals surface area (Å²) in [6.45, 7) is 0. The fourth-order valence-electron chi connectivity index (χ4n) is 1.60. The summed E-state index contributed by atoms with van der Waals surface area (Å²) in [4.78, 5) is 0. The Morgan fingerprint density at radius 2 is 1.79 bits per heavy atom. The zero-order chi connectivity index (χ0) is 13.9. The van der Waals surface area contributed by atoms with Crippen LogP contribution in [0.15, 0.2) is 48.5 Å². The molecular formula is C13H13ClN2O2S. The summed E-state index contributed by atoms with van der Waals surface area (Å²) in [5.41, 5.74) is 7.27. The van der Waals surface area contributed by atoms with Crippen LogP contribution in [0.3, 0.4) is 0 Å². The normalized spacial score (nSPS) is 11.2. The van der Waals surface area contributed by atoms with Crippen LogP contribution in [-0.2, 0) is 15.8 Å². The number of nitrogens with two attached hydrogens (primary N) is 1. The zero-order valence-corrected chi connectivity index (χ0v) is 11.6. The lowest BCUT2D eigenvalue weighted by Crippen LogP contribution is -2.15. The molecule has 0 aliphatic carbocycles. The first-order valence-corrected chi connectivity index (χ1v) is 7.58. The van der Waals surface area contributed by atoms with Crippen molar-refractivity contribution in [3.63, 3.8) is 0 Å². The molecule has 0 fully saturated rings. The minimum Gasteiger partial charge on any atom is -0.399 e. The topological polar surface area (TPSA) is 72.2 Å². The van der Waals surface area contributed by atoms with Gasteiger partial charge >= 0.3 is 0 Å². The number of sulfonamides is 1. The highest BCUT2D eigenvalue weighted by Gasteiger charge is 2.11. The number of nitrogens with one attached hydrogen (secondary N) is 1. The average molecular weight is 297 g/mol. The molecule has 0 spiro atoms. The number of rotatable bonds is 4. The van der Waals surface area contributed by atoms with E-state index in [-0.39, 0.29) is 5.75 Å². The van der Waals surface area contributed by atoms with Gasteiger partial charge in [-0.05, 0) is 35.9 Å². The van der Waals surface area contributed by atoms with E-state index in [0.717, 1.165) is 0 Å². The van der Waals surface area contributed by atoms with E-state index in [0.29, 0.717) is 22.0 Å². The van der Waals surface area contributed by atoms with Crippen LogP contribution in [0, 0.1) is 0 Å². The van der Waals surface area contributed by atoms with Gasteiger partial charge in [-0.2, -0.15) is 0 Å². The summed E-state index contributed by atoms with van der Waals surface area (Å²) in [5, 5.41) is 0.479. The Labute approximate surface area is 117 Å². The van der Waals surface area contributed by atoms with Crippen LogP contribution in [0.5, 0.6) is 0 Å². The van der Waals surface area contributed by atoms with Crippen molar-refractivity contribution >= 4 is 33.0 Å². The van der Waals surface area contributed by atoms with Crippen LogP contribution in [-0.4, -0.2) is 8.42 Å². The van der Waals surface area contributed by atoms with Crippen molar-refractivity contribution in [2.45, 2.75) is 5.75 Å². The van der Waals surface area contributed by atoms with E-state index in [4.69, 9.17) is 17.3 Å². The number of nitrogen functional groups attached to an aromatic ring is 1. The van der Waals surface area contributed by atoms with Crippen molar-refractivity contribution in [1.82, 2.24) is 0 Å². The Kier molecular flexibility index (Phi) is 3.97. The molecule has 0 saturated heterocycles. The molecule has 0 saturated carbocycles. The molecule has 0 unspecified atom stereocenters. The van der Waals surface area contributed by atoms with Gasteiger partial charge in [0.25, 0.3) is 0 Å². The van der Waals surface area contributed by atoms with Gasteiger partial charge in [-0.25, -0.2) is 8.42 Å². The minimum absolute atomic E-state index is 0.111. The molecule has 3 N–H and O–H groups in total. The Bertz CT molecular complexity index is 669. The molecule has 100 valence electrons. The highest BCUT2D eigenvalue weighted by molar-refractivity contribution is 7.91. The lowest BCUT2D eigenvalue weighted by molar-refractivity contribution is 0.600. The second kappa shape index (κ2) is 5.50. The molecule has 0 atom stereocenters. The van der Waals surface area contributed by atoms with E-state index in [1.807, 2.05) is 0 Å². The standard InChI is InChI=1S/C13H13ClN2O2S/c14-11-2-1-3-13(8-11)16-19(17,18)9-10-4-6-12(15)7-5-10/h1-8,16H,9,15H2. The van der Waals surface area contributed by atoms with Gasteiger partial charge in [0.2, 0.25) is 10.0 Å². The predicted molar refractivity (Wildman–Crippen MR) is 78.6 cm³/mol. The summed E-state index contributed by atoms with van der Waals surface area (Å²) in [6, 6.07) is 13.3. The van der Waals surface area contributed by atoms with E-state index in [2.05, 4.69) is 4.72 Å². The van der Waals surface area contributed by atoms with Crippen molar-refractivity contribution in [1.29, 1.82) is 0 Å². The van der Waals surface area contributed by atoms with E-state index < -0.39 is 10.0 Å². The molecule has 0 heterocycles. The van der Waals surface area contributed by atoms with E-state index >= 15 is 0 Å². The maximum absolute atomic E-state index is 12.0. The van der Waals surface area contributed by atoms with Gasteiger partial charge < -0.3 is 5.73 Å². The number of anilines is 2. The first-order chi connectivity index (χ1) is 8.94. The molecule has 0 bridgehead atoms. The smallest absolute Gasteiger partial charge is 0.236 e. The highest BCUT2D eigenvalue weighted by atomic mass is 35.5. The van der Waals surface area contributed by atoms with Crippen molar-refractivity contribution < 1.29 is 8.42 Å². The molecule has 0 amide bonds. The van der Waals surface area contributed by atoms with Crippen LogP contribution >= 0.6 is 11.6 Å². The van der Waals surface area contributed by atoms with E-state index in [9.17, 15) is 8.42 Å². The van der Waals surface area contributed by atoms with Crippen LogP contribution in [0.25, 0.3) is 0 Å². The molecule has 2 aromatic carbocycles. The van der Waals surface area contributed by atoms with Gasteiger partial charge in [-0.3, -0.25) is 4.72 Å². The SMILES string of the molecule is Nc1ccc(CS(=O)(=O)Nc2cccc(Cl)c2)cc1. The lowest BCUT2D eigenvalue weighted by Gasteiger charge is -2.08. The van der Waals surface area contributed by atoms with Gasteiger partial charge in [0.05, 0.1) is 5.75 Å². The fourth-order valence-corrected chi connectivity index (χ4v) is 2.98. The number of benzene rings is 2. The van der Waals surface area contributed by atoms with E-state index in [1.165, 1.54) is 0 Å². The van der Waals surface area contributed by atoms with Crippen molar-refractivity contribution in [3.8, 4) is 0 Å². The first-order valence-electron chi connectivity index (χ1n) is 5.55. The molecular weight excluding hydrogens is 284 g/mol. The van der Waals surface area contributed by atoms with Gasteiger partial charge in [0, 0.05) is 16.4 Å². The van der Waals surface area contributed by atoms with Gasteiger partial charge in [-0.1, -0.05) is 29.8 Å². The maximum Gasteiger partial charge on any atom is 0.236 e. The Morgan fingerprint density at radius 3 is 2.42 bits per heavy atom. The number of hydrogen-bond donors (Lipinski definition) is 2. The Balaban J connectivity index is 2.13. The van der Waals surface area contributed by atoms with Gasteiger partial charge in [0.15, 0.2) is 0 Å². The van der Waals surface area contributed by atoms with Crippen LogP contribution in [0.4, 0.5) is 11.4 Å². The third kappa shape index (κ3) is 4.15. The average Bonchev–Trinajstić information content (AvgIpc) is 2.31. The summed E-state index contributed by atoms with van der Waals surface area (Å²) in [6.07, 6.45) is 0. The molecule has 19 heavy (non-hydrogen) atoms. The van der Waals surface area contributed by atoms with Crippen molar-refractivity contribution in [2.24, 2.45) is 0 Å². The third-order valence-corrected chi connectivity index (χ3v) is 3.93. The molecule has 2 aromatic rings. The van der Waals surface area contributed by atoms with Gasteiger partial charge in [0.1, 0.15) is 0 Å². The third-order valence-electron chi connectivity index (χ3n) is 2.43. The fraction of sp³-hybridized carbons (Fsp3) is 0.0769. The number of halogens is 1. The molecule has 2 rings (SSSR count). The second-order valence-electron chi connectivity index (χ2n) is 4.11. The van der Waals surface area contributed by atoms with Crippen LogP contribution in [0.2, 0.25) is 5.02 Å². The number of hydrogen-bond acceptors (Lipinski definition) is 3. The minimum atomic E-state index is -3.47. The molecule has 0 aliphatic heterocycles. The quantitative estimate of drug-likeness (QED) is 0.852. The highest BCUT2D eigenvalue weighted by Crippen LogP contribution is 2.17. The van der Waals surface area contributed by atoms with Crippen molar-refractivity contribution in [2.75, 3.05) is 10.5 Å². The van der Waals surface area contributed by atoms with Crippen LogP contribution in [0.1, 0.15) is 5.56 Å². The summed E-state index contributed by atoms with van der Waals surface area (Å²) in [5.74, 6) is -0.111. The van der Waals surface area contributed by atoms with E-state index in [1.54, 1.807) is 48.5 Å². The Morgan fingerprint density at radius 1 is 1.11 bits per heavy atom. The molecule has 6 heteroatoms.